The average molecular weight is 258 g/mol. The lowest BCUT2D eigenvalue weighted by molar-refractivity contribution is -0.0979. The van der Waals surface area contributed by atoms with E-state index < -0.39 is 0 Å². The van der Waals surface area contributed by atoms with Crippen LogP contribution in [0.1, 0.15) is 0 Å². The quantitative estimate of drug-likeness (QED) is 0.570. The summed E-state index contributed by atoms with van der Waals surface area (Å²) in [4.78, 5) is 20.3. The summed E-state index contributed by atoms with van der Waals surface area (Å²) < 4.78 is 9.73. The van der Waals surface area contributed by atoms with E-state index in [2.05, 4.69) is 30.9 Å². The van der Waals surface area contributed by atoms with Crippen LogP contribution in [-0.4, -0.2) is 56.5 Å². The number of anilines is 3. The summed E-state index contributed by atoms with van der Waals surface area (Å²) in [7, 11) is 4.89. The van der Waals surface area contributed by atoms with Gasteiger partial charge in [0.05, 0.1) is 0 Å². The van der Waals surface area contributed by atoms with E-state index in [1.165, 1.54) is 0 Å². The van der Waals surface area contributed by atoms with Crippen LogP contribution in [0, 0.1) is 0 Å². The van der Waals surface area contributed by atoms with Crippen molar-refractivity contribution in [3.63, 3.8) is 0 Å². The zero-order valence-electron chi connectivity index (χ0n) is 10.7. The average Bonchev–Trinajstić information content (AvgIpc) is 2.44. The Morgan fingerprint density at radius 3 is 1.67 bits per heavy atom. The molecule has 18 heavy (non-hydrogen) atoms. The van der Waals surface area contributed by atoms with Gasteiger partial charge in [-0.15, -0.1) is 0 Å². The van der Waals surface area contributed by atoms with Gasteiger partial charge in [-0.1, -0.05) is 0 Å². The van der Waals surface area contributed by atoms with Gasteiger partial charge >= 0.3 is 0 Å². The van der Waals surface area contributed by atoms with Gasteiger partial charge in [-0.3, -0.25) is 0 Å². The summed E-state index contributed by atoms with van der Waals surface area (Å²) >= 11 is 0. The standard InChI is InChI=1S/C8H16N6O2.CH2O/c1-9-6-12-7(10-4-15-2)14-8(13-6)11-5-16-3;1-2/h4-5H2,1-3H3,(H3,9,10,11,12,13,14);1H2. The maximum atomic E-state index is 8.00. The molecule has 0 unspecified atom stereocenters. The largest absolute Gasteiger partial charge is 0.364 e. The Bertz CT molecular complexity index is 312. The lowest BCUT2D eigenvalue weighted by atomic mass is 10.8. The van der Waals surface area contributed by atoms with Gasteiger partial charge in [0.2, 0.25) is 17.8 Å². The second kappa shape index (κ2) is 10.2. The van der Waals surface area contributed by atoms with Gasteiger partial charge < -0.3 is 30.2 Å². The number of hydrogen-bond donors (Lipinski definition) is 3. The Morgan fingerprint density at radius 1 is 0.944 bits per heavy atom. The van der Waals surface area contributed by atoms with Crippen molar-refractivity contribution in [3.05, 3.63) is 0 Å². The molecule has 9 nitrogen and oxygen atoms in total. The van der Waals surface area contributed by atoms with Crippen molar-refractivity contribution in [1.29, 1.82) is 0 Å². The fourth-order valence-corrected chi connectivity index (χ4v) is 0.919. The molecule has 1 aromatic heterocycles. The zero-order chi connectivity index (χ0) is 13.8. The van der Waals surface area contributed by atoms with Crippen molar-refractivity contribution in [2.24, 2.45) is 0 Å². The van der Waals surface area contributed by atoms with E-state index in [0.717, 1.165) is 0 Å². The molecule has 0 atom stereocenters. The second-order valence-electron chi connectivity index (χ2n) is 2.78. The first-order chi connectivity index (χ1) is 8.80. The Labute approximate surface area is 105 Å². The maximum Gasteiger partial charge on any atom is 0.231 e. The van der Waals surface area contributed by atoms with E-state index in [1.807, 2.05) is 6.79 Å². The Hall–Kier alpha value is -2.00. The van der Waals surface area contributed by atoms with Gasteiger partial charge in [0, 0.05) is 21.3 Å². The van der Waals surface area contributed by atoms with Gasteiger partial charge in [-0.2, -0.15) is 15.0 Å². The molecular formula is C9H18N6O3. The van der Waals surface area contributed by atoms with E-state index in [1.54, 1.807) is 21.3 Å². The molecule has 0 aromatic carbocycles. The molecular weight excluding hydrogens is 240 g/mol. The minimum absolute atomic E-state index is 0.330. The molecule has 1 rings (SSSR count). The van der Waals surface area contributed by atoms with Crippen LogP contribution >= 0.6 is 0 Å². The lowest BCUT2D eigenvalue weighted by Crippen LogP contribution is -2.13. The highest BCUT2D eigenvalue weighted by molar-refractivity contribution is 5.41. The SMILES string of the molecule is C=O.CNc1nc(NCOC)nc(NCOC)n1. The molecule has 0 aliphatic rings. The number of carbonyl (C=O) groups is 1. The number of aromatic nitrogens is 3. The van der Waals surface area contributed by atoms with Crippen LogP contribution in [0.5, 0.6) is 0 Å². The van der Waals surface area contributed by atoms with Crippen LogP contribution < -0.4 is 16.0 Å². The van der Waals surface area contributed by atoms with E-state index in [9.17, 15) is 0 Å². The molecule has 0 bridgehead atoms. The second-order valence-corrected chi connectivity index (χ2v) is 2.78. The highest BCUT2D eigenvalue weighted by Crippen LogP contribution is 2.08. The zero-order valence-corrected chi connectivity index (χ0v) is 10.7. The van der Waals surface area contributed by atoms with Crippen molar-refractivity contribution in [2.45, 2.75) is 0 Å². The van der Waals surface area contributed by atoms with Crippen molar-refractivity contribution < 1.29 is 14.3 Å². The van der Waals surface area contributed by atoms with E-state index in [0.29, 0.717) is 31.3 Å². The monoisotopic (exact) mass is 258 g/mol. The third kappa shape index (κ3) is 5.92. The predicted molar refractivity (Wildman–Crippen MR) is 67.5 cm³/mol. The first-order valence-electron chi connectivity index (χ1n) is 4.98. The highest BCUT2D eigenvalue weighted by Gasteiger charge is 2.04. The molecule has 0 aliphatic heterocycles. The van der Waals surface area contributed by atoms with E-state index >= 15 is 0 Å². The fourth-order valence-electron chi connectivity index (χ4n) is 0.919. The number of nitrogens with one attached hydrogen (secondary N) is 3. The van der Waals surface area contributed by atoms with Crippen molar-refractivity contribution in [3.8, 4) is 0 Å². The van der Waals surface area contributed by atoms with Crippen molar-refractivity contribution in [2.75, 3.05) is 50.7 Å². The Balaban J connectivity index is 0.00000137. The molecule has 1 aromatic rings. The minimum Gasteiger partial charge on any atom is -0.364 e. The summed E-state index contributed by atoms with van der Waals surface area (Å²) in [5.41, 5.74) is 0. The molecule has 0 spiro atoms. The van der Waals surface area contributed by atoms with Gasteiger partial charge in [-0.25, -0.2) is 0 Å². The van der Waals surface area contributed by atoms with Crippen molar-refractivity contribution in [1.82, 2.24) is 15.0 Å². The number of methoxy groups -OCH3 is 2. The van der Waals surface area contributed by atoms with Crippen LogP contribution in [0.25, 0.3) is 0 Å². The Kier molecular flexibility index (Phi) is 9.04. The lowest BCUT2D eigenvalue weighted by Gasteiger charge is -2.08. The van der Waals surface area contributed by atoms with E-state index in [4.69, 9.17) is 14.3 Å². The number of nitrogens with zero attached hydrogens (tertiary/aromatic N) is 3. The van der Waals surface area contributed by atoms with Crippen LogP contribution in [0.3, 0.4) is 0 Å². The van der Waals surface area contributed by atoms with Crippen molar-refractivity contribution >= 4 is 24.6 Å². The van der Waals surface area contributed by atoms with E-state index in [-0.39, 0.29) is 0 Å². The number of rotatable bonds is 7. The molecule has 0 aliphatic carbocycles. The predicted octanol–water partition coefficient (Wildman–Crippen LogP) is -0.240. The maximum absolute atomic E-state index is 8.00. The molecule has 9 heteroatoms. The summed E-state index contributed by atoms with van der Waals surface area (Å²) in [5, 5.41) is 8.60. The molecule has 102 valence electrons. The first kappa shape index (κ1) is 16.0. The molecule has 3 N–H and O–H groups in total. The number of hydrogen-bond acceptors (Lipinski definition) is 9. The van der Waals surface area contributed by atoms with Gasteiger partial charge in [-0.05, 0) is 0 Å². The molecule has 0 saturated carbocycles. The summed E-state index contributed by atoms with van der Waals surface area (Å²) in [6.45, 7) is 2.66. The van der Waals surface area contributed by atoms with Gasteiger partial charge in [0.25, 0.3) is 0 Å². The number of ether oxygens (including phenoxy) is 2. The van der Waals surface area contributed by atoms with Gasteiger partial charge in [0.1, 0.15) is 20.3 Å². The molecule has 0 radical (unpaired) electrons. The molecule has 0 amide bonds. The third-order valence-electron chi connectivity index (χ3n) is 1.61. The van der Waals surface area contributed by atoms with Crippen LogP contribution in [0.15, 0.2) is 0 Å². The Morgan fingerprint density at radius 2 is 1.33 bits per heavy atom. The molecule has 0 fully saturated rings. The smallest absolute Gasteiger partial charge is 0.231 e. The van der Waals surface area contributed by atoms with Crippen LogP contribution in [0.2, 0.25) is 0 Å². The topological polar surface area (TPSA) is 110 Å². The number of carbonyl (C=O) groups excluding carboxylic acids is 1. The van der Waals surface area contributed by atoms with Crippen LogP contribution in [-0.2, 0) is 14.3 Å². The summed E-state index contributed by atoms with van der Waals surface area (Å²) in [6.07, 6.45) is 0. The summed E-state index contributed by atoms with van der Waals surface area (Å²) in [6, 6.07) is 0. The third-order valence-corrected chi connectivity index (χ3v) is 1.61. The normalized spacial score (nSPS) is 9.06. The van der Waals surface area contributed by atoms with Crippen LogP contribution in [0.4, 0.5) is 17.8 Å². The minimum atomic E-state index is 0.330. The fraction of sp³-hybridized carbons (Fsp3) is 0.556. The molecule has 1 heterocycles. The summed E-state index contributed by atoms with van der Waals surface area (Å²) in [5.74, 6) is 1.33. The highest BCUT2D eigenvalue weighted by atomic mass is 16.5. The first-order valence-corrected chi connectivity index (χ1v) is 4.98. The molecule has 0 saturated heterocycles. The van der Waals surface area contributed by atoms with Gasteiger partial charge in [0.15, 0.2) is 0 Å².